The minimum absolute atomic E-state index is 0.00446. The Hall–Kier alpha value is -1.21. The highest BCUT2D eigenvalue weighted by atomic mass is 32.2. The zero-order chi connectivity index (χ0) is 14.1. The first-order valence-electron chi connectivity index (χ1n) is 6.99. The highest BCUT2D eigenvalue weighted by Crippen LogP contribution is 2.52. The van der Waals surface area contributed by atoms with Gasteiger partial charge in [0.05, 0.1) is 23.3 Å². The summed E-state index contributed by atoms with van der Waals surface area (Å²) >= 11 is 0. The zero-order valence-corrected chi connectivity index (χ0v) is 11.7. The van der Waals surface area contributed by atoms with E-state index in [4.69, 9.17) is 0 Å². The summed E-state index contributed by atoms with van der Waals surface area (Å²) in [5.41, 5.74) is 2.86. The van der Waals surface area contributed by atoms with Crippen LogP contribution in [0.1, 0.15) is 12.8 Å². The SMILES string of the molecule is O=C1C2C3C=CC(C3)C2C(=O)N1NC1CCS(=O)(=O)C1. The Morgan fingerprint density at radius 3 is 2.20 bits per heavy atom. The van der Waals surface area contributed by atoms with Crippen molar-refractivity contribution >= 4 is 21.7 Å². The highest BCUT2D eigenvalue weighted by Gasteiger charge is 2.59. The molecule has 1 saturated carbocycles. The van der Waals surface area contributed by atoms with Crippen molar-refractivity contribution in [1.29, 1.82) is 0 Å². The molecule has 3 fully saturated rings. The number of amides is 2. The molecule has 7 heteroatoms. The van der Waals surface area contributed by atoms with Gasteiger partial charge in [0.25, 0.3) is 0 Å². The van der Waals surface area contributed by atoms with Gasteiger partial charge in [0, 0.05) is 6.04 Å². The maximum Gasteiger partial charge on any atom is 0.248 e. The van der Waals surface area contributed by atoms with E-state index in [2.05, 4.69) is 5.43 Å². The second-order valence-corrected chi connectivity index (χ2v) is 8.47. The van der Waals surface area contributed by atoms with Crippen LogP contribution in [-0.4, -0.2) is 42.8 Å². The van der Waals surface area contributed by atoms with Gasteiger partial charge in [-0.25, -0.2) is 18.9 Å². The first-order valence-corrected chi connectivity index (χ1v) is 8.81. The smallest absolute Gasteiger partial charge is 0.248 e. The summed E-state index contributed by atoms with van der Waals surface area (Å²) in [5, 5.41) is 1.10. The normalized spacial score (nSPS) is 44.6. The van der Waals surface area contributed by atoms with Crippen LogP contribution in [0.2, 0.25) is 0 Å². The van der Waals surface area contributed by atoms with E-state index in [1.165, 1.54) is 0 Å². The number of carbonyl (C=O) groups excluding carboxylic acids is 2. The van der Waals surface area contributed by atoms with Crippen molar-refractivity contribution in [3.63, 3.8) is 0 Å². The molecule has 0 aromatic carbocycles. The third kappa shape index (κ3) is 1.62. The van der Waals surface area contributed by atoms with Gasteiger partial charge in [-0.05, 0) is 24.7 Å². The summed E-state index contributed by atoms with van der Waals surface area (Å²) in [7, 11) is -3.02. The molecule has 2 saturated heterocycles. The van der Waals surface area contributed by atoms with Crippen LogP contribution in [0, 0.1) is 23.7 Å². The molecule has 5 atom stereocenters. The van der Waals surface area contributed by atoms with Gasteiger partial charge in [-0.3, -0.25) is 9.59 Å². The number of nitrogens with one attached hydrogen (secondary N) is 1. The molecule has 5 unspecified atom stereocenters. The number of hydrogen-bond acceptors (Lipinski definition) is 5. The lowest BCUT2D eigenvalue weighted by molar-refractivity contribution is -0.145. The minimum Gasteiger partial charge on any atom is -0.273 e. The number of hydrogen-bond donors (Lipinski definition) is 1. The summed E-state index contributed by atoms with van der Waals surface area (Å²) in [6.45, 7) is 0. The first kappa shape index (κ1) is 12.5. The quantitative estimate of drug-likeness (QED) is 0.548. The first-order chi connectivity index (χ1) is 9.46. The largest absolute Gasteiger partial charge is 0.273 e. The Balaban J connectivity index is 1.54. The molecular weight excluding hydrogens is 280 g/mol. The van der Waals surface area contributed by atoms with E-state index in [9.17, 15) is 18.0 Å². The Morgan fingerprint density at radius 2 is 1.70 bits per heavy atom. The van der Waals surface area contributed by atoms with Gasteiger partial charge in [-0.2, -0.15) is 0 Å². The van der Waals surface area contributed by atoms with E-state index in [-0.39, 0.29) is 53.0 Å². The van der Waals surface area contributed by atoms with Crippen molar-refractivity contribution in [2.24, 2.45) is 23.7 Å². The summed E-state index contributed by atoms with van der Waals surface area (Å²) in [6, 6.07) is -0.322. The second-order valence-electron chi connectivity index (χ2n) is 6.24. The van der Waals surface area contributed by atoms with Crippen molar-refractivity contribution in [1.82, 2.24) is 10.4 Å². The van der Waals surface area contributed by atoms with Crippen molar-refractivity contribution in [2.75, 3.05) is 11.5 Å². The molecule has 0 spiro atoms. The van der Waals surface area contributed by atoms with Crippen LogP contribution >= 0.6 is 0 Å². The fourth-order valence-corrected chi connectivity index (χ4v) is 5.77. The molecular formula is C13H16N2O4S. The number of rotatable bonds is 2. The van der Waals surface area contributed by atoms with E-state index < -0.39 is 9.84 Å². The summed E-state index contributed by atoms with van der Waals surface area (Å²) in [5.74, 6) is -0.333. The van der Waals surface area contributed by atoms with Crippen molar-refractivity contribution in [3.05, 3.63) is 12.2 Å². The predicted molar refractivity (Wildman–Crippen MR) is 69.8 cm³/mol. The number of imide groups is 1. The Kier molecular flexibility index (Phi) is 2.45. The van der Waals surface area contributed by atoms with Crippen LogP contribution in [0.25, 0.3) is 0 Å². The fraction of sp³-hybridized carbons (Fsp3) is 0.692. The molecule has 2 aliphatic carbocycles. The predicted octanol–water partition coefficient (Wildman–Crippen LogP) is -0.515. The lowest BCUT2D eigenvalue weighted by Gasteiger charge is -2.21. The van der Waals surface area contributed by atoms with Crippen molar-refractivity contribution < 1.29 is 18.0 Å². The molecule has 2 heterocycles. The molecule has 20 heavy (non-hydrogen) atoms. The van der Waals surface area contributed by atoms with Crippen LogP contribution < -0.4 is 5.43 Å². The highest BCUT2D eigenvalue weighted by molar-refractivity contribution is 7.91. The summed E-state index contributed by atoms with van der Waals surface area (Å²) in [4.78, 5) is 24.8. The molecule has 1 N–H and O–H groups in total. The maximum atomic E-state index is 12.4. The molecule has 0 aromatic rings. The van der Waals surface area contributed by atoms with E-state index in [0.717, 1.165) is 11.4 Å². The van der Waals surface area contributed by atoms with E-state index in [1.807, 2.05) is 12.2 Å². The number of sulfone groups is 1. The van der Waals surface area contributed by atoms with Gasteiger partial charge in [0.2, 0.25) is 11.8 Å². The average molecular weight is 296 g/mol. The fourth-order valence-electron chi connectivity index (χ4n) is 4.11. The molecule has 4 rings (SSSR count). The van der Waals surface area contributed by atoms with Gasteiger partial charge in [-0.1, -0.05) is 12.2 Å². The van der Waals surface area contributed by atoms with Gasteiger partial charge >= 0.3 is 0 Å². The zero-order valence-electron chi connectivity index (χ0n) is 10.9. The van der Waals surface area contributed by atoms with Gasteiger partial charge < -0.3 is 0 Å². The van der Waals surface area contributed by atoms with E-state index in [0.29, 0.717) is 6.42 Å². The maximum absolute atomic E-state index is 12.4. The molecule has 4 aliphatic rings. The number of fused-ring (bicyclic) bond motifs is 5. The third-order valence-electron chi connectivity index (χ3n) is 5.01. The average Bonchev–Trinajstić information content (AvgIpc) is 3.10. The lowest BCUT2D eigenvalue weighted by Crippen LogP contribution is -2.49. The number of carbonyl (C=O) groups is 2. The Labute approximate surface area is 117 Å². The van der Waals surface area contributed by atoms with Crippen molar-refractivity contribution in [3.8, 4) is 0 Å². The molecule has 2 bridgehead atoms. The minimum atomic E-state index is -3.02. The van der Waals surface area contributed by atoms with Crippen molar-refractivity contribution in [2.45, 2.75) is 18.9 Å². The van der Waals surface area contributed by atoms with E-state index >= 15 is 0 Å². The molecule has 0 aromatic heterocycles. The van der Waals surface area contributed by atoms with Gasteiger partial charge in [0.1, 0.15) is 0 Å². The van der Waals surface area contributed by atoms with Gasteiger partial charge in [-0.15, -0.1) is 0 Å². The van der Waals surface area contributed by atoms with E-state index in [1.54, 1.807) is 0 Å². The summed E-state index contributed by atoms with van der Waals surface area (Å²) in [6.07, 6.45) is 5.44. The lowest BCUT2D eigenvalue weighted by atomic mass is 9.85. The Bertz CT molecular complexity index is 596. The third-order valence-corrected chi connectivity index (χ3v) is 6.78. The van der Waals surface area contributed by atoms with Crippen LogP contribution in [0.15, 0.2) is 12.2 Å². The topological polar surface area (TPSA) is 83.6 Å². The standard InChI is InChI=1S/C13H16N2O4S/c16-12-10-7-1-2-8(5-7)11(10)13(17)15(12)14-9-3-4-20(18,19)6-9/h1-2,7-11,14H,3-6H2. The van der Waals surface area contributed by atoms with Crippen LogP contribution in [0.4, 0.5) is 0 Å². The number of allylic oxidation sites excluding steroid dienone is 2. The number of hydrazine groups is 1. The summed E-state index contributed by atoms with van der Waals surface area (Å²) < 4.78 is 22.9. The molecule has 0 radical (unpaired) electrons. The van der Waals surface area contributed by atoms with Crippen LogP contribution in [0.3, 0.4) is 0 Å². The van der Waals surface area contributed by atoms with Gasteiger partial charge in [0.15, 0.2) is 9.84 Å². The second kappa shape index (κ2) is 3.92. The molecule has 108 valence electrons. The molecule has 6 nitrogen and oxygen atoms in total. The van der Waals surface area contributed by atoms with Crippen LogP contribution in [-0.2, 0) is 19.4 Å². The Morgan fingerprint density at radius 1 is 1.10 bits per heavy atom. The number of nitrogens with zero attached hydrogens (tertiary/aromatic N) is 1. The molecule has 2 amide bonds. The molecule has 2 aliphatic heterocycles. The van der Waals surface area contributed by atoms with Crippen LogP contribution in [0.5, 0.6) is 0 Å². The monoisotopic (exact) mass is 296 g/mol.